The Kier molecular flexibility index (Phi) is 5.38. The maximum atomic E-state index is 12.7. The van der Waals surface area contributed by atoms with Gasteiger partial charge in [0.15, 0.2) is 0 Å². The molecule has 148 valence electrons. The van der Waals surface area contributed by atoms with Crippen molar-refractivity contribution in [1.82, 2.24) is 14.5 Å². The lowest BCUT2D eigenvalue weighted by Gasteiger charge is -2.23. The average Bonchev–Trinajstić information content (AvgIpc) is 3.40. The lowest BCUT2D eigenvalue weighted by Crippen LogP contribution is -2.43. The van der Waals surface area contributed by atoms with Gasteiger partial charge in [-0.15, -0.1) is 11.3 Å². The minimum atomic E-state index is -3.58. The van der Waals surface area contributed by atoms with Gasteiger partial charge >= 0.3 is 0 Å². The molecule has 0 radical (unpaired) electrons. The predicted octanol–water partition coefficient (Wildman–Crippen LogP) is 1.77. The smallest absolute Gasteiger partial charge is 0.250 e. The topological polar surface area (TPSA) is 93.5 Å². The van der Waals surface area contributed by atoms with Crippen molar-refractivity contribution in [3.05, 3.63) is 30.3 Å². The number of carbonyl (C=O) groups excluding carboxylic acids is 1. The van der Waals surface area contributed by atoms with E-state index >= 15 is 0 Å². The van der Waals surface area contributed by atoms with Crippen LogP contribution in [0.1, 0.15) is 19.3 Å². The fourth-order valence-electron chi connectivity index (χ4n) is 3.92. The number of rotatable bonds is 5. The van der Waals surface area contributed by atoms with Crippen LogP contribution in [0.5, 0.6) is 0 Å². The van der Waals surface area contributed by atoms with Crippen LogP contribution in [-0.2, 0) is 14.8 Å². The fraction of sp³-hybridized carbons (Fsp3) is 0.474. The monoisotopic (exact) mass is 418 g/mol. The molecule has 2 fully saturated rings. The molecule has 0 aliphatic carbocycles. The second-order valence-electron chi connectivity index (χ2n) is 7.32. The summed E-state index contributed by atoms with van der Waals surface area (Å²) in [5.41, 5.74) is 0. The van der Waals surface area contributed by atoms with Crippen molar-refractivity contribution < 1.29 is 13.2 Å². The molecule has 0 saturated carbocycles. The third kappa shape index (κ3) is 3.91. The molecule has 2 saturated heterocycles. The molecular formula is C19H22N4O3S2. The van der Waals surface area contributed by atoms with Crippen LogP contribution in [0.2, 0.25) is 0 Å². The molecular weight excluding hydrogens is 396 g/mol. The third-order valence-corrected chi connectivity index (χ3v) is 8.45. The average molecular weight is 419 g/mol. The maximum Gasteiger partial charge on any atom is 0.250 e. The Morgan fingerprint density at radius 1 is 1.29 bits per heavy atom. The van der Waals surface area contributed by atoms with Crippen LogP contribution in [0, 0.1) is 11.3 Å². The van der Waals surface area contributed by atoms with E-state index in [1.54, 1.807) is 11.0 Å². The minimum Gasteiger partial charge on any atom is -0.326 e. The molecule has 2 aliphatic heterocycles. The zero-order chi connectivity index (χ0) is 19.7. The normalized spacial score (nSPS) is 23.3. The zero-order valence-corrected chi connectivity index (χ0v) is 17.0. The molecule has 0 bridgehead atoms. The van der Waals surface area contributed by atoms with Crippen molar-refractivity contribution >= 4 is 37.4 Å². The van der Waals surface area contributed by atoms with Gasteiger partial charge in [-0.2, -0.15) is 5.26 Å². The maximum absolute atomic E-state index is 12.7. The second kappa shape index (κ2) is 7.79. The van der Waals surface area contributed by atoms with Crippen LogP contribution in [0.4, 0.5) is 0 Å². The Morgan fingerprint density at radius 3 is 2.89 bits per heavy atom. The number of hydrogen-bond donors (Lipinski definition) is 1. The van der Waals surface area contributed by atoms with Crippen molar-refractivity contribution in [2.75, 3.05) is 26.2 Å². The molecule has 2 aromatic rings. The van der Waals surface area contributed by atoms with Crippen LogP contribution < -0.4 is 4.72 Å². The Morgan fingerprint density at radius 2 is 2.11 bits per heavy atom. The van der Waals surface area contributed by atoms with E-state index in [1.807, 2.05) is 29.2 Å². The summed E-state index contributed by atoms with van der Waals surface area (Å²) >= 11 is 1.26. The van der Waals surface area contributed by atoms with Gasteiger partial charge in [-0.1, -0.05) is 18.2 Å². The van der Waals surface area contributed by atoms with E-state index in [4.69, 9.17) is 5.26 Å². The van der Waals surface area contributed by atoms with E-state index in [-0.39, 0.29) is 24.5 Å². The largest absolute Gasteiger partial charge is 0.326 e. The van der Waals surface area contributed by atoms with Gasteiger partial charge in [0.2, 0.25) is 15.9 Å². The van der Waals surface area contributed by atoms with Crippen LogP contribution in [0.25, 0.3) is 10.1 Å². The van der Waals surface area contributed by atoms with E-state index in [2.05, 4.69) is 10.8 Å². The standard InChI is InChI=1S/C19H22N4O3S2/c20-11-16-5-3-8-23(16)18(24)13-22-9-7-15(12-22)21-28(25,26)19-10-14-4-1-2-6-17(14)27-19/h1-2,4,6,10,15-16,21H,3,5,7-9,12-13H2/t15-,16-/m0/s1. The Hall–Kier alpha value is -1.99. The number of likely N-dealkylation sites (tertiary alicyclic amines) is 2. The van der Waals surface area contributed by atoms with Crippen LogP contribution in [-0.4, -0.2) is 62.4 Å². The lowest BCUT2D eigenvalue weighted by atomic mass is 10.2. The van der Waals surface area contributed by atoms with E-state index in [1.165, 1.54) is 11.3 Å². The number of carbonyl (C=O) groups is 1. The van der Waals surface area contributed by atoms with E-state index in [0.717, 1.165) is 22.9 Å². The molecule has 2 aliphatic rings. The summed E-state index contributed by atoms with van der Waals surface area (Å²) in [5, 5.41) is 10.1. The highest BCUT2D eigenvalue weighted by atomic mass is 32.2. The highest BCUT2D eigenvalue weighted by molar-refractivity contribution is 7.91. The van der Waals surface area contributed by atoms with Gasteiger partial charge < -0.3 is 4.90 Å². The molecule has 2 atom stereocenters. The third-order valence-electron chi connectivity index (χ3n) is 5.34. The van der Waals surface area contributed by atoms with Crippen LogP contribution in [0.3, 0.4) is 0 Å². The van der Waals surface area contributed by atoms with Crippen molar-refractivity contribution in [3.63, 3.8) is 0 Å². The molecule has 0 unspecified atom stereocenters. The number of benzene rings is 1. The number of fused-ring (bicyclic) bond motifs is 1. The molecule has 1 aromatic carbocycles. The fourth-order valence-corrected chi connectivity index (χ4v) is 6.60. The number of nitriles is 1. The molecule has 0 spiro atoms. The number of nitrogens with one attached hydrogen (secondary N) is 1. The van der Waals surface area contributed by atoms with Crippen molar-refractivity contribution in [2.45, 2.75) is 35.6 Å². The predicted molar refractivity (Wildman–Crippen MR) is 107 cm³/mol. The van der Waals surface area contributed by atoms with Crippen LogP contribution >= 0.6 is 11.3 Å². The summed E-state index contributed by atoms with van der Waals surface area (Å²) in [6, 6.07) is 11.0. The highest BCUT2D eigenvalue weighted by Crippen LogP contribution is 2.29. The molecule has 7 nitrogen and oxygen atoms in total. The van der Waals surface area contributed by atoms with E-state index < -0.39 is 10.0 Å². The van der Waals surface area contributed by atoms with Gasteiger partial charge in [-0.3, -0.25) is 9.69 Å². The second-order valence-corrected chi connectivity index (χ2v) is 10.3. The summed E-state index contributed by atoms with van der Waals surface area (Å²) in [7, 11) is -3.58. The summed E-state index contributed by atoms with van der Waals surface area (Å²) < 4.78 is 29.5. The molecule has 4 rings (SSSR count). The number of hydrogen-bond acceptors (Lipinski definition) is 6. The first kappa shape index (κ1) is 19.3. The minimum absolute atomic E-state index is 0.0444. The van der Waals surface area contributed by atoms with Gasteiger partial charge in [0.25, 0.3) is 0 Å². The SMILES string of the molecule is N#C[C@@H]1CCCN1C(=O)CN1CC[C@H](NS(=O)(=O)c2cc3ccccc3s2)C1. The summed E-state index contributed by atoms with van der Waals surface area (Å²) in [5.74, 6) is -0.0444. The first-order valence-electron chi connectivity index (χ1n) is 9.38. The quantitative estimate of drug-likeness (QED) is 0.799. The Bertz CT molecular complexity index is 994. The zero-order valence-electron chi connectivity index (χ0n) is 15.4. The van der Waals surface area contributed by atoms with Crippen molar-refractivity contribution in [2.24, 2.45) is 0 Å². The van der Waals surface area contributed by atoms with E-state index in [0.29, 0.717) is 30.3 Å². The van der Waals surface area contributed by atoms with Gasteiger partial charge in [0.1, 0.15) is 10.3 Å². The molecule has 1 amide bonds. The Balaban J connectivity index is 1.36. The molecule has 3 heterocycles. The van der Waals surface area contributed by atoms with Crippen molar-refractivity contribution in [1.29, 1.82) is 5.26 Å². The summed E-state index contributed by atoms with van der Waals surface area (Å²) in [6.45, 7) is 2.03. The number of sulfonamides is 1. The molecule has 1 N–H and O–H groups in total. The molecule has 9 heteroatoms. The van der Waals surface area contributed by atoms with Gasteiger partial charge in [-0.25, -0.2) is 13.1 Å². The Labute approximate surface area is 168 Å². The summed E-state index contributed by atoms with van der Waals surface area (Å²) in [6.07, 6.45) is 2.26. The van der Waals surface area contributed by atoms with E-state index in [9.17, 15) is 13.2 Å². The number of amides is 1. The summed E-state index contributed by atoms with van der Waals surface area (Å²) in [4.78, 5) is 16.1. The van der Waals surface area contributed by atoms with Gasteiger partial charge in [0.05, 0.1) is 12.6 Å². The molecule has 1 aromatic heterocycles. The first-order valence-corrected chi connectivity index (χ1v) is 11.7. The lowest BCUT2D eigenvalue weighted by molar-refractivity contribution is -0.132. The number of thiophene rings is 1. The highest BCUT2D eigenvalue weighted by Gasteiger charge is 2.33. The van der Waals surface area contributed by atoms with Gasteiger partial charge in [-0.05, 0) is 36.8 Å². The molecule has 28 heavy (non-hydrogen) atoms. The first-order chi connectivity index (χ1) is 13.5. The number of nitrogens with zero attached hydrogens (tertiary/aromatic N) is 3. The van der Waals surface area contributed by atoms with Gasteiger partial charge in [0, 0.05) is 30.4 Å². The van der Waals surface area contributed by atoms with Crippen molar-refractivity contribution in [3.8, 4) is 6.07 Å². The van der Waals surface area contributed by atoms with Crippen LogP contribution in [0.15, 0.2) is 34.5 Å².